The van der Waals surface area contributed by atoms with Gasteiger partial charge in [0.15, 0.2) is 5.78 Å². The fourth-order valence-corrected chi connectivity index (χ4v) is 4.80. The molecule has 3 atom stereocenters. The maximum Gasteiger partial charge on any atom is 0.162 e. The summed E-state index contributed by atoms with van der Waals surface area (Å²) < 4.78 is 17.5. The van der Waals surface area contributed by atoms with E-state index in [1.165, 1.54) is 39.7 Å². The molecule has 2 fully saturated rings. The molecule has 182 valence electrons. The van der Waals surface area contributed by atoms with E-state index in [0.717, 1.165) is 30.6 Å². The highest BCUT2D eigenvalue weighted by molar-refractivity contribution is 5.85. The van der Waals surface area contributed by atoms with Crippen molar-refractivity contribution in [1.29, 1.82) is 0 Å². The summed E-state index contributed by atoms with van der Waals surface area (Å²) in [6, 6.07) is 0. The Hall–Kier alpha value is -1.43. The second-order valence-corrected chi connectivity index (χ2v) is 9.91. The van der Waals surface area contributed by atoms with Crippen molar-refractivity contribution < 1.29 is 24.1 Å². The van der Waals surface area contributed by atoms with Gasteiger partial charge in [0.2, 0.25) is 0 Å². The largest absolute Gasteiger partial charge is 0.490 e. The molecule has 2 rings (SSSR count). The van der Waals surface area contributed by atoms with Crippen LogP contribution in [0, 0.1) is 17.3 Å². The lowest BCUT2D eigenvalue weighted by Gasteiger charge is -2.38. The number of allylic oxidation sites excluding steroid dienone is 3. The van der Waals surface area contributed by atoms with Gasteiger partial charge in [0.05, 0.1) is 6.10 Å². The van der Waals surface area contributed by atoms with Gasteiger partial charge in [-0.3, -0.25) is 4.79 Å². The maximum atomic E-state index is 12.8. The Balaban J connectivity index is 2.29. The molecule has 5 nitrogen and oxygen atoms in total. The highest BCUT2D eigenvalue weighted by Gasteiger charge is 2.45. The zero-order valence-corrected chi connectivity index (χ0v) is 20.8. The molecule has 5 heteroatoms. The molecule has 3 unspecified atom stereocenters. The van der Waals surface area contributed by atoms with E-state index in [0.29, 0.717) is 11.8 Å². The molecule has 0 saturated heterocycles. The number of ketones is 1. The first-order valence-electron chi connectivity index (χ1n) is 12.2. The Morgan fingerprint density at radius 2 is 1.91 bits per heavy atom. The van der Waals surface area contributed by atoms with Crippen molar-refractivity contribution in [3.63, 3.8) is 0 Å². The number of carbonyl (C=O) groups is 1. The van der Waals surface area contributed by atoms with Gasteiger partial charge in [-0.25, -0.2) is 0 Å². The van der Waals surface area contributed by atoms with Gasteiger partial charge in [-0.05, 0) is 75.4 Å². The van der Waals surface area contributed by atoms with Crippen molar-refractivity contribution in [1.82, 2.24) is 0 Å². The second kappa shape index (κ2) is 12.2. The van der Waals surface area contributed by atoms with Crippen LogP contribution in [0.4, 0.5) is 0 Å². The Bertz CT molecular complexity index is 680. The third-order valence-corrected chi connectivity index (χ3v) is 7.68. The van der Waals surface area contributed by atoms with E-state index in [9.17, 15) is 9.90 Å². The summed E-state index contributed by atoms with van der Waals surface area (Å²) in [6.45, 7) is 11.4. The van der Waals surface area contributed by atoms with Gasteiger partial charge in [-0.1, -0.05) is 39.0 Å². The summed E-state index contributed by atoms with van der Waals surface area (Å²) in [5, 5.41) is 9.92. The molecule has 0 radical (unpaired) electrons. The van der Waals surface area contributed by atoms with Crippen LogP contribution in [0.5, 0.6) is 0 Å². The first-order chi connectivity index (χ1) is 15.3. The zero-order valence-electron chi connectivity index (χ0n) is 20.8. The lowest BCUT2D eigenvalue weighted by atomic mass is 9.77. The smallest absolute Gasteiger partial charge is 0.162 e. The molecule has 0 heterocycles. The summed E-state index contributed by atoms with van der Waals surface area (Å²) in [5.41, 5.74) is 0.546. The summed E-state index contributed by atoms with van der Waals surface area (Å²) in [4.78, 5) is 12.8. The normalized spacial score (nSPS) is 22.8. The van der Waals surface area contributed by atoms with E-state index >= 15 is 0 Å². The van der Waals surface area contributed by atoms with Crippen LogP contribution < -0.4 is 0 Å². The van der Waals surface area contributed by atoms with Gasteiger partial charge in [0.1, 0.15) is 18.2 Å². The molecule has 0 aromatic carbocycles. The van der Waals surface area contributed by atoms with Crippen LogP contribution in [0.25, 0.3) is 0 Å². The Labute approximate surface area is 194 Å². The molecule has 0 aromatic rings. The molecule has 2 saturated carbocycles. The summed E-state index contributed by atoms with van der Waals surface area (Å²) in [5.74, 6) is 0.530. The molecule has 1 N–H and O–H groups in total. The topological polar surface area (TPSA) is 65.0 Å². The first-order valence-corrected chi connectivity index (χ1v) is 12.2. The maximum absolute atomic E-state index is 12.8. The first kappa shape index (κ1) is 26.8. The average Bonchev–Trinajstić information content (AvgIpc) is 3.55. The summed E-state index contributed by atoms with van der Waals surface area (Å²) in [6.07, 6.45) is 14.7. The number of aliphatic hydroxyl groups is 1. The monoisotopic (exact) mass is 448 g/mol. The van der Waals surface area contributed by atoms with Crippen LogP contribution in [0.3, 0.4) is 0 Å². The summed E-state index contributed by atoms with van der Waals surface area (Å²) in [7, 11) is 1.54. The molecule has 2 aliphatic rings. The number of Topliss-reactive ketones (excluding diaryl/α,β-unsaturated/α-hetero) is 1. The van der Waals surface area contributed by atoms with Gasteiger partial charge < -0.3 is 19.3 Å². The van der Waals surface area contributed by atoms with E-state index in [2.05, 4.69) is 26.5 Å². The minimum Gasteiger partial charge on any atom is -0.490 e. The summed E-state index contributed by atoms with van der Waals surface area (Å²) >= 11 is 0. The highest BCUT2D eigenvalue weighted by Crippen LogP contribution is 2.56. The zero-order chi connectivity index (χ0) is 23.8. The van der Waals surface area contributed by atoms with Crippen molar-refractivity contribution in [2.45, 2.75) is 90.8 Å². The van der Waals surface area contributed by atoms with E-state index in [1.54, 1.807) is 6.08 Å². The lowest BCUT2D eigenvalue weighted by molar-refractivity contribution is -0.176. The van der Waals surface area contributed by atoms with Crippen molar-refractivity contribution in [2.24, 2.45) is 17.3 Å². The number of rotatable bonds is 14. The molecular weight excluding hydrogens is 404 g/mol. The van der Waals surface area contributed by atoms with E-state index in [1.807, 2.05) is 13.0 Å². The van der Waals surface area contributed by atoms with Gasteiger partial charge in [-0.15, -0.1) is 0 Å². The minimum absolute atomic E-state index is 0.00656. The number of aliphatic hydroxyl groups excluding tert-OH is 1. The lowest BCUT2D eigenvalue weighted by Crippen LogP contribution is -2.49. The molecular formula is C27H44O5. The van der Waals surface area contributed by atoms with Crippen molar-refractivity contribution in [3.8, 4) is 0 Å². The van der Waals surface area contributed by atoms with Gasteiger partial charge in [0.25, 0.3) is 0 Å². The van der Waals surface area contributed by atoms with Crippen LogP contribution in [0.1, 0.15) is 79.1 Å². The van der Waals surface area contributed by atoms with Crippen LogP contribution in [-0.2, 0) is 19.0 Å². The molecule has 0 aliphatic heterocycles. The number of carbonyl (C=O) groups excluding carboxylic acids is 1. The van der Waals surface area contributed by atoms with E-state index in [-0.39, 0.29) is 37.1 Å². The molecule has 0 amide bonds. The van der Waals surface area contributed by atoms with E-state index < -0.39 is 5.60 Å². The van der Waals surface area contributed by atoms with Crippen LogP contribution in [0.2, 0.25) is 0 Å². The number of ether oxygens (including phenoxy) is 3. The molecule has 32 heavy (non-hydrogen) atoms. The molecule has 2 aliphatic carbocycles. The predicted octanol–water partition coefficient (Wildman–Crippen LogP) is 5.74. The fourth-order valence-electron chi connectivity index (χ4n) is 4.80. The SMILES string of the molecule is C=C/C=C(\C=C(\CC(OCOC)(C(C)=O)C(C)CO)C(C)CC)OC1CCC2(CC1)CC2. The molecule has 0 bridgehead atoms. The average molecular weight is 449 g/mol. The number of hydrogen-bond acceptors (Lipinski definition) is 5. The van der Waals surface area contributed by atoms with Gasteiger partial charge >= 0.3 is 0 Å². The van der Waals surface area contributed by atoms with Crippen molar-refractivity contribution in [2.75, 3.05) is 20.5 Å². The number of hydrogen-bond donors (Lipinski definition) is 1. The quantitative estimate of drug-likeness (QED) is 0.209. The highest BCUT2D eigenvalue weighted by atomic mass is 16.7. The third-order valence-electron chi connectivity index (χ3n) is 7.68. The van der Waals surface area contributed by atoms with Gasteiger partial charge in [-0.2, -0.15) is 0 Å². The number of methoxy groups -OCH3 is 1. The molecule has 1 spiro atoms. The Morgan fingerprint density at radius 1 is 1.25 bits per heavy atom. The van der Waals surface area contributed by atoms with Crippen molar-refractivity contribution in [3.05, 3.63) is 36.1 Å². The Kier molecular flexibility index (Phi) is 10.2. The fraction of sp³-hybridized carbons (Fsp3) is 0.741. The minimum atomic E-state index is -1.15. The second-order valence-electron chi connectivity index (χ2n) is 9.91. The van der Waals surface area contributed by atoms with Gasteiger partial charge in [0, 0.05) is 26.1 Å². The standard InChI is InChI=1S/C27H44O5/c1-7-9-25(32-24-10-12-26(13-11-24)14-15-26)16-23(20(3)8-2)17-27(22(5)29,21(4)18-28)31-19-30-6/h7,9,16,20-21,24,28H,1,8,10-15,17-19H2,2-6H3/b23-16-,25-9+. The van der Waals surface area contributed by atoms with E-state index in [4.69, 9.17) is 14.2 Å². The third kappa shape index (κ3) is 6.79. The molecule has 0 aromatic heterocycles. The Morgan fingerprint density at radius 3 is 2.38 bits per heavy atom. The van der Waals surface area contributed by atoms with Crippen LogP contribution in [-0.4, -0.2) is 43.1 Å². The van der Waals surface area contributed by atoms with Crippen LogP contribution in [0.15, 0.2) is 36.1 Å². The van der Waals surface area contributed by atoms with Crippen LogP contribution >= 0.6 is 0 Å². The van der Waals surface area contributed by atoms with Crippen molar-refractivity contribution >= 4 is 5.78 Å². The predicted molar refractivity (Wildman–Crippen MR) is 128 cm³/mol.